The van der Waals surface area contributed by atoms with Crippen molar-refractivity contribution < 1.29 is 0 Å². The van der Waals surface area contributed by atoms with Crippen molar-refractivity contribution in [1.82, 2.24) is 5.32 Å². The molecule has 1 saturated carbocycles. The number of rotatable bonds is 4. The summed E-state index contributed by atoms with van der Waals surface area (Å²) in [5.41, 5.74) is 2.81. The van der Waals surface area contributed by atoms with Crippen molar-refractivity contribution in [3.05, 3.63) is 29.8 Å². The van der Waals surface area contributed by atoms with E-state index in [1.54, 1.807) is 0 Å². The third kappa shape index (κ3) is 3.50. The van der Waals surface area contributed by atoms with Gasteiger partial charge in [0.1, 0.15) is 0 Å². The molecular formula is C17H28N2. The zero-order chi connectivity index (χ0) is 13.7. The molecule has 0 spiro atoms. The highest BCUT2D eigenvalue weighted by Crippen LogP contribution is 2.30. The highest BCUT2D eigenvalue weighted by molar-refractivity contribution is 5.55. The normalized spacial score (nSPS) is 18.9. The van der Waals surface area contributed by atoms with Crippen LogP contribution in [0.5, 0.6) is 0 Å². The summed E-state index contributed by atoms with van der Waals surface area (Å²) in [7, 11) is 4.31. The second-order valence-electron chi connectivity index (χ2n) is 5.83. The minimum absolute atomic E-state index is 0.407. The van der Waals surface area contributed by atoms with Crippen LogP contribution in [0.2, 0.25) is 0 Å². The van der Waals surface area contributed by atoms with Gasteiger partial charge in [-0.3, -0.25) is 0 Å². The van der Waals surface area contributed by atoms with Crippen molar-refractivity contribution in [3.8, 4) is 0 Å². The van der Waals surface area contributed by atoms with Crippen molar-refractivity contribution in [3.63, 3.8) is 0 Å². The van der Waals surface area contributed by atoms with E-state index in [4.69, 9.17) is 0 Å². The molecule has 0 bridgehead atoms. The molecule has 106 valence electrons. The molecule has 2 nitrogen and oxygen atoms in total. The molecule has 0 aromatic heterocycles. The van der Waals surface area contributed by atoms with E-state index >= 15 is 0 Å². The summed E-state index contributed by atoms with van der Waals surface area (Å²) in [4.78, 5) is 2.52. The average molecular weight is 260 g/mol. The van der Waals surface area contributed by atoms with Crippen LogP contribution in [0.3, 0.4) is 0 Å². The van der Waals surface area contributed by atoms with Crippen molar-refractivity contribution >= 4 is 5.69 Å². The lowest BCUT2D eigenvalue weighted by molar-refractivity contribution is 0.548. The van der Waals surface area contributed by atoms with E-state index in [0.29, 0.717) is 12.1 Å². The van der Waals surface area contributed by atoms with Crippen LogP contribution in [0.1, 0.15) is 57.1 Å². The van der Waals surface area contributed by atoms with Gasteiger partial charge in [0.2, 0.25) is 0 Å². The number of hydrogen-bond acceptors (Lipinski definition) is 2. The lowest BCUT2D eigenvalue weighted by Gasteiger charge is -2.32. The molecule has 2 rings (SSSR count). The summed E-state index contributed by atoms with van der Waals surface area (Å²) in [6, 6.07) is 9.96. The Morgan fingerprint density at radius 1 is 1.11 bits per heavy atom. The number of anilines is 1. The molecule has 1 aliphatic carbocycles. The molecule has 1 fully saturated rings. The highest BCUT2D eigenvalue weighted by Gasteiger charge is 2.20. The second-order valence-corrected chi connectivity index (χ2v) is 5.83. The van der Waals surface area contributed by atoms with E-state index in [9.17, 15) is 0 Å². The van der Waals surface area contributed by atoms with Crippen LogP contribution in [-0.2, 0) is 0 Å². The monoisotopic (exact) mass is 260 g/mol. The number of benzene rings is 1. The van der Waals surface area contributed by atoms with Crippen molar-refractivity contribution in [2.45, 2.75) is 57.5 Å². The number of nitrogens with one attached hydrogen (secondary N) is 1. The quantitative estimate of drug-likeness (QED) is 0.819. The van der Waals surface area contributed by atoms with E-state index in [0.717, 1.165) is 0 Å². The maximum atomic E-state index is 3.37. The predicted molar refractivity (Wildman–Crippen MR) is 83.8 cm³/mol. The van der Waals surface area contributed by atoms with Crippen LogP contribution in [0.15, 0.2) is 24.3 Å². The fourth-order valence-electron chi connectivity index (χ4n) is 3.17. The van der Waals surface area contributed by atoms with Gasteiger partial charge in [-0.1, -0.05) is 43.9 Å². The van der Waals surface area contributed by atoms with Crippen LogP contribution in [0.4, 0.5) is 5.69 Å². The minimum Gasteiger partial charge on any atom is -0.371 e. The first-order chi connectivity index (χ1) is 9.24. The van der Waals surface area contributed by atoms with Crippen LogP contribution in [0, 0.1) is 0 Å². The number of nitrogens with zero attached hydrogens (tertiary/aromatic N) is 1. The Bertz CT molecular complexity index is 381. The van der Waals surface area contributed by atoms with Gasteiger partial charge in [-0.25, -0.2) is 0 Å². The second kappa shape index (κ2) is 6.95. The van der Waals surface area contributed by atoms with Gasteiger partial charge in [0, 0.05) is 24.8 Å². The third-order valence-corrected chi connectivity index (χ3v) is 4.59. The van der Waals surface area contributed by atoms with E-state index < -0.39 is 0 Å². The predicted octanol–water partition coefficient (Wildman–Crippen LogP) is 4.13. The van der Waals surface area contributed by atoms with Crippen LogP contribution in [0.25, 0.3) is 0 Å². The van der Waals surface area contributed by atoms with Crippen molar-refractivity contribution in [2.24, 2.45) is 0 Å². The van der Waals surface area contributed by atoms with Gasteiger partial charge in [-0.2, -0.15) is 0 Å². The van der Waals surface area contributed by atoms with Crippen LogP contribution >= 0.6 is 0 Å². The molecule has 0 radical (unpaired) electrons. The molecule has 0 aliphatic heterocycles. The Kier molecular flexibility index (Phi) is 5.26. The summed E-state index contributed by atoms with van der Waals surface area (Å²) in [6.45, 7) is 2.24. The van der Waals surface area contributed by atoms with Gasteiger partial charge in [0.15, 0.2) is 0 Å². The SMILES string of the molecule is CNC(C)c1ccccc1N(C)C1CCCCCC1. The molecule has 19 heavy (non-hydrogen) atoms. The molecule has 1 unspecified atom stereocenters. The summed E-state index contributed by atoms with van der Waals surface area (Å²) < 4.78 is 0. The molecular weight excluding hydrogens is 232 g/mol. The smallest absolute Gasteiger partial charge is 0.0414 e. The Morgan fingerprint density at radius 2 is 1.74 bits per heavy atom. The van der Waals surface area contributed by atoms with E-state index in [-0.39, 0.29) is 0 Å². The van der Waals surface area contributed by atoms with Crippen LogP contribution < -0.4 is 10.2 Å². The summed E-state index contributed by atoms with van der Waals surface area (Å²) in [5, 5.41) is 3.37. The lowest BCUT2D eigenvalue weighted by atomic mass is 10.0. The highest BCUT2D eigenvalue weighted by atomic mass is 15.1. The fraction of sp³-hybridized carbons (Fsp3) is 0.647. The molecule has 1 atom stereocenters. The number of para-hydroxylation sites is 1. The van der Waals surface area contributed by atoms with E-state index in [1.807, 2.05) is 7.05 Å². The number of hydrogen-bond donors (Lipinski definition) is 1. The van der Waals surface area contributed by atoms with Gasteiger partial charge >= 0.3 is 0 Å². The summed E-state index contributed by atoms with van der Waals surface area (Å²) >= 11 is 0. The largest absolute Gasteiger partial charge is 0.371 e. The van der Waals surface area contributed by atoms with Crippen molar-refractivity contribution in [2.75, 3.05) is 19.0 Å². The zero-order valence-electron chi connectivity index (χ0n) is 12.7. The molecule has 1 aromatic carbocycles. The fourth-order valence-corrected chi connectivity index (χ4v) is 3.17. The maximum Gasteiger partial charge on any atom is 0.0414 e. The van der Waals surface area contributed by atoms with Gasteiger partial charge in [-0.15, -0.1) is 0 Å². The molecule has 0 heterocycles. The van der Waals surface area contributed by atoms with Gasteiger partial charge in [-0.05, 0) is 38.4 Å². The minimum atomic E-state index is 0.407. The Labute approximate surface area is 118 Å². The Balaban J connectivity index is 2.19. The molecule has 0 saturated heterocycles. The summed E-state index contributed by atoms with van der Waals surface area (Å²) in [6.07, 6.45) is 8.30. The van der Waals surface area contributed by atoms with Crippen LogP contribution in [-0.4, -0.2) is 20.1 Å². The maximum absolute atomic E-state index is 3.37. The molecule has 1 N–H and O–H groups in total. The first kappa shape index (κ1) is 14.4. The molecule has 1 aromatic rings. The zero-order valence-corrected chi connectivity index (χ0v) is 12.7. The van der Waals surface area contributed by atoms with Gasteiger partial charge in [0.25, 0.3) is 0 Å². The Morgan fingerprint density at radius 3 is 2.37 bits per heavy atom. The topological polar surface area (TPSA) is 15.3 Å². The molecule has 2 heteroatoms. The molecule has 0 amide bonds. The third-order valence-electron chi connectivity index (χ3n) is 4.59. The van der Waals surface area contributed by atoms with Gasteiger partial charge in [0.05, 0.1) is 0 Å². The van der Waals surface area contributed by atoms with Crippen molar-refractivity contribution in [1.29, 1.82) is 0 Å². The molecule has 1 aliphatic rings. The van der Waals surface area contributed by atoms with E-state index in [1.165, 1.54) is 49.8 Å². The average Bonchev–Trinajstić information content (AvgIpc) is 2.74. The van der Waals surface area contributed by atoms with Gasteiger partial charge < -0.3 is 10.2 Å². The standard InChI is InChI=1S/C17H28N2/c1-14(18-2)16-12-8-9-13-17(16)19(3)15-10-6-4-5-7-11-15/h8-9,12-15,18H,4-7,10-11H2,1-3H3. The first-order valence-electron chi connectivity index (χ1n) is 7.73. The lowest BCUT2D eigenvalue weighted by Crippen LogP contribution is -2.32. The Hall–Kier alpha value is -1.02. The first-order valence-corrected chi connectivity index (χ1v) is 7.73. The summed E-state index contributed by atoms with van der Waals surface area (Å²) in [5.74, 6) is 0. The van der Waals surface area contributed by atoms with E-state index in [2.05, 4.69) is 48.5 Å².